The zero-order valence-corrected chi connectivity index (χ0v) is 14.5. The van der Waals surface area contributed by atoms with E-state index in [9.17, 15) is 19.5 Å². The molecular weight excluding hydrogens is 348 g/mol. The Labute approximate surface area is 147 Å². The van der Waals surface area contributed by atoms with Gasteiger partial charge in [-0.15, -0.1) is 0 Å². The zero-order valence-electron chi connectivity index (χ0n) is 14.5. The molecule has 0 aliphatic rings. The van der Waals surface area contributed by atoms with Crippen molar-refractivity contribution >= 4 is 17.1 Å². The third kappa shape index (κ3) is 3.69. The number of aromatic nitrogens is 4. The second-order valence-corrected chi connectivity index (χ2v) is 6.00. The maximum atomic E-state index is 12.3. The first kappa shape index (κ1) is 19.8. The molecule has 2 rings (SSSR count). The fourth-order valence-electron chi connectivity index (χ4n) is 2.60. The molecule has 0 aliphatic heterocycles. The second kappa shape index (κ2) is 8.25. The molecule has 26 heavy (non-hydrogen) atoms. The minimum atomic E-state index is -0.687. The van der Waals surface area contributed by atoms with E-state index in [4.69, 9.17) is 14.9 Å². The van der Waals surface area contributed by atoms with E-state index in [1.165, 1.54) is 29.6 Å². The molecule has 0 saturated heterocycles. The summed E-state index contributed by atoms with van der Waals surface area (Å²) in [6.07, 6.45) is 1.26. The summed E-state index contributed by atoms with van der Waals surface area (Å²) < 4.78 is 8.48. The van der Waals surface area contributed by atoms with Crippen LogP contribution in [-0.2, 0) is 30.2 Å². The highest BCUT2D eigenvalue weighted by Gasteiger charge is 2.22. The molecule has 0 bridgehead atoms. The zero-order chi connectivity index (χ0) is 19.4. The van der Waals surface area contributed by atoms with E-state index < -0.39 is 29.1 Å². The van der Waals surface area contributed by atoms with Gasteiger partial charge in [0.1, 0.15) is 6.54 Å². The van der Waals surface area contributed by atoms with Gasteiger partial charge in [-0.05, 0) is 0 Å². The normalized spacial score (nSPS) is 12.7. The number of aliphatic hydroxyl groups excluding tert-OH is 3. The monoisotopic (exact) mass is 370 g/mol. The quantitative estimate of drug-likeness (QED) is 0.422. The molecule has 11 nitrogen and oxygen atoms in total. The van der Waals surface area contributed by atoms with Crippen LogP contribution < -0.4 is 11.2 Å². The Bertz CT molecular complexity index is 894. The van der Waals surface area contributed by atoms with E-state index in [2.05, 4.69) is 4.98 Å². The van der Waals surface area contributed by atoms with Crippen LogP contribution in [0.2, 0.25) is 0 Å². The molecule has 0 saturated carbocycles. The molecular formula is C15H22N4O7. The van der Waals surface area contributed by atoms with Gasteiger partial charge in [0, 0.05) is 45.8 Å². The maximum absolute atomic E-state index is 12.3. The topological polar surface area (TPSA) is 149 Å². The summed E-state index contributed by atoms with van der Waals surface area (Å²) in [6, 6.07) is 0. The van der Waals surface area contributed by atoms with Gasteiger partial charge < -0.3 is 24.6 Å². The van der Waals surface area contributed by atoms with Crippen LogP contribution >= 0.6 is 0 Å². The lowest BCUT2D eigenvalue weighted by Gasteiger charge is -2.21. The number of nitrogens with zero attached hydrogens (tertiary/aromatic N) is 4. The molecule has 2 heterocycles. The van der Waals surface area contributed by atoms with Crippen LogP contribution in [-0.4, -0.2) is 66.4 Å². The highest BCUT2D eigenvalue weighted by atomic mass is 16.5. The smallest absolute Gasteiger partial charge is 0.332 e. The van der Waals surface area contributed by atoms with Crippen molar-refractivity contribution in [1.29, 1.82) is 0 Å². The Morgan fingerprint density at radius 3 is 2.31 bits per heavy atom. The van der Waals surface area contributed by atoms with Crippen LogP contribution in [0.15, 0.2) is 15.9 Å². The molecule has 2 aromatic heterocycles. The lowest BCUT2D eigenvalue weighted by molar-refractivity contribution is -0.147. The number of hydrogen-bond acceptors (Lipinski definition) is 8. The van der Waals surface area contributed by atoms with Crippen molar-refractivity contribution in [2.45, 2.75) is 6.54 Å². The summed E-state index contributed by atoms with van der Waals surface area (Å²) in [5.41, 5.74) is -0.865. The van der Waals surface area contributed by atoms with E-state index in [-0.39, 0.29) is 44.1 Å². The van der Waals surface area contributed by atoms with Crippen molar-refractivity contribution in [3.63, 3.8) is 0 Å². The minimum absolute atomic E-state index is 0.0915. The number of fused-ring (bicyclic) bond motifs is 1. The van der Waals surface area contributed by atoms with Gasteiger partial charge in [-0.3, -0.25) is 18.7 Å². The summed E-state index contributed by atoms with van der Waals surface area (Å²) in [6.45, 7) is -1.57. The molecule has 3 N–H and O–H groups in total. The highest BCUT2D eigenvalue weighted by molar-refractivity contribution is 5.75. The molecule has 1 unspecified atom stereocenters. The van der Waals surface area contributed by atoms with Gasteiger partial charge in [0.05, 0.1) is 12.9 Å². The number of aliphatic hydroxyl groups is 3. The minimum Gasteiger partial charge on any atom is -0.464 e. The molecule has 1 atom stereocenters. The van der Waals surface area contributed by atoms with Gasteiger partial charge >= 0.3 is 11.7 Å². The average Bonchev–Trinajstić information content (AvgIpc) is 3.05. The van der Waals surface area contributed by atoms with Crippen LogP contribution in [0, 0.1) is 11.8 Å². The van der Waals surface area contributed by atoms with Crippen LogP contribution in [0.4, 0.5) is 0 Å². The lowest BCUT2D eigenvalue weighted by Crippen LogP contribution is -2.37. The van der Waals surface area contributed by atoms with Crippen molar-refractivity contribution in [3.05, 3.63) is 27.2 Å². The number of hydrogen-bond donors (Lipinski definition) is 3. The summed E-state index contributed by atoms with van der Waals surface area (Å²) in [4.78, 5) is 40.2. The Hall–Kier alpha value is -2.50. The fraction of sp³-hybridized carbons (Fsp3) is 0.600. The van der Waals surface area contributed by atoms with E-state index in [0.717, 1.165) is 4.57 Å². The summed E-state index contributed by atoms with van der Waals surface area (Å²) in [5, 5.41) is 27.6. The molecule has 11 heteroatoms. The van der Waals surface area contributed by atoms with Gasteiger partial charge in [-0.25, -0.2) is 9.78 Å². The van der Waals surface area contributed by atoms with Gasteiger partial charge in [0.2, 0.25) is 0 Å². The van der Waals surface area contributed by atoms with E-state index in [0.29, 0.717) is 0 Å². The predicted molar refractivity (Wildman–Crippen MR) is 89.4 cm³/mol. The molecule has 0 fully saturated rings. The number of aryl methyl sites for hydroxylation is 1. The van der Waals surface area contributed by atoms with Crippen molar-refractivity contribution < 1.29 is 24.9 Å². The Kier molecular flexibility index (Phi) is 6.29. The number of carbonyl (C=O) groups excluding carboxylic acids is 1. The number of imidazole rings is 1. The number of rotatable bonds is 8. The van der Waals surface area contributed by atoms with Crippen LogP contribution in [0.3, 0.4) is 0 Å². The largest absolute Gasteiger partial charge is 0.464 e. The fourth-order valence-corrected chi connectivity index (χ4v) is 2.60. The van der Waals surface area contributed by atoms with E-state index >= 15 is 0 Å². The maximum Gasteiger partial charge on any atom is 0.332 e. The molecule has 0 aliphatic carbocycles. The first-order valence-electron chi connectivity index (χ1n) is 7.94. The first-order chi connectivity index (χ1) is 12.3. The van der Waals surface area contributed by atoms with Gasteiger partial charge in [-0.1, -0.05) is 0 Å². The first-order valence-corrected chi connectivity index (χ1v) is 7.94. The third-order valence-corrected chi connectivity index (χ3v) is 4.35. The van der Waals surface area contributed by atoms with Crippen molar-refractivity contribution in [2.24, 2.45) is 25.9 Å². The van der Waals surface area contributed by atoms with Crippen molar-refractivity contribution in [3.8, 4) is 0 Å². The number of esters is 1. The van der Waals surface area contributed by atoms with Crippen molar-refractivity contribution in [1.82, 2.24) is 18.7 Å². The lowest BCUT2D eigenvalue weighted by atomic mass is 9.95. The molecule has 2 aromatic rings. The predicted octanol–water partition coefficient (Wildman–Crippen LogP) is -2.81. The molecule has 144 valence electrons. The molecule has 0 radical (unpaired) electrons. The van der Waals surface area contributed by atoms with Crippen LogP contribution in [0.1, 0.15) is 0 Å². The van der Waals surface area contributed by atoms with Gasteiger partial charge in [-0.2, -0.15) is 0 Å². The molecule has 0 amide bonds. The molecule has 0 spiro atoms. The number of ether oxygens (including phenoxy) is 1. The van der Waals surface area contributed by atoms with Gasteiger partial charge in [0.25, 0.3) is 5.56 Å². The summed E-state index contributed by atoms with van der Waals surface area (Å²) in [5.74, 6) is -1.90. The van der Waals surface area contributed by atoms with E-state index in [1.807, 2.05) is 0 Å². The standard InChI is InChI=1S/C15H22N4O7/c1-17-13-12(14(24)18(2)15(17)25)19(8-16-13)3-11(23)26-7-10(6-22)9(4-20)5-21/h8-10,20-22H,3-7H2,1-2H3. The average molecular weight is 370 g/mol. The van der Waals surface area contributed by atoms with Crippen LogP contribution in [0.5, 0.6) is 0 Å². The summed E-state index contributed by atoms with van der Waals surface area (Å²) >= 11 is 0. The summed E-state index contributed by atoms with van der Waals surface area (Å²) in [7, 11) is 2.80. The number of carbonyl (C=O) groups is 1. The highest BCUT2D eigenvalue weighted by Crippen LogP contribution is 2.12. The Morgan fingerprint density at radius 2 is 1.73 bits per heavy atom. The second-order valence-electron chi connectivity index (χ2n) is 6.00. The Morgan fingerprint density at radius 1 is 1.12 bits per heavy atom. The van der Waals surface area contributed by atoms with Crippen LogP contribution in [0.25, 0.3) is 11.2 Å². The Balaban J connectivity index is 2.18. The molecule has 0 aromatic carbocycles. The van der Waals surface area contributed by atoms with Crippen molar-refractivity contribution in [2.75, 3.05) is 26.4 Å². The third-order valence-electron chi connectivity index (χ3n) is 4.35. The van der Waals surface area contributed by atoms with E-state index in [1.54, 1.807) is 0 Å². The SMILES string of the molecule is Cn1c(=O)c2c(ncn2CC(=O)OCC(CO)C(CO)CO)n(C)c1=O. The van der Waals surface area contributed by atoms with Gasteiger partial charge in [0.15, 0.2) is 11.2 Å².